The van der Waals surface area contributed by atoms with Crippen LogP contribution in [0.25, 0.3) is 0 Å². The monoisotopic (exact) mass is 361 g/mol. The molecule has 2 rings (SSSR count). The van der Waals surface area contributed by atoms with Gasteiger partial charge in [-0.05, 0) is 51.2 Å². The molecule has 1 heterocycles. The van der Waals surface area contributed by atoms with Gasteiger partial charge < -0.3 is 15.5 Å². The number of rotatable bonds is 9. The number of nitrogens with one attached hydrogen (secondary N) is 2. The predicted octanol–water partition coefficient (Wildman–Crippen LogP) is 2.47. The third-order valence-corrected chi connectivity index (χ3v) is 3.84. The van der Waals surface area contributed by atoms with Gasteiger partial charge in [-0.1, -0.05) is 23.7 Å². The molecule has 2 aromatic rings. The third kappa shape index (κ3) is 7.07. The predicted molar refractivity (Wildman–Crippen MR) is 101 cm³/mol. The number of carbonyl (C=O) groups excluding carboxylic acids is 1. The normalized spacial score (nSPS) is 10.7. The van der Waals surface area contributed by atoms with Crippen LogP contribution in [0.5, 0.6) is 0 Å². The van der Waals surface area contributed by atoms with Gasteiger partial charge in [0.05, 0.1) is 5.56 Å². The first-order chi connectivity index (χ1) is 12.0. The van der Waals surface area contributed by atoms with Crippen molar-refractivity contribution in [3.8, 4) is 0 Å². The Hall–Kier alpha value is -2.18. The summed E-state index contributed by atoms with van der Waals surface area (Å²) in [7, 11) is 4.02. The van der Waals surface area contributed by atoms with E-state index in [9.17, 15) is 4.79 Å². The van der Waals surface area contributed by atoms with Gasteiger partial charge in [0, 0.05) is 30.5 Å². The van der Waals surface area contributed by atoms with Crippen LogP contribution < -0.4 is 10.6 Å². The fourth-order valence-corrected chi connectivity index (χ4v) is 2.33. The standard InChI is InChI=1S/C18H24ClN5O/c1-24(2)11-3-9-20-17(25)15-12-22-18(23-13-15)21-10-8-14-4-6-16(19)7-5-14/h4-7,12-13H,3,8-11H2,1-2H3,(H,20,25)(H,21,22,23). The molecule has 2 N–H and O–H groups in total. The number of aromatic nitrogens is 2. The lowest BCUT2D eigenvalue weighted by atomic mass is 10.1. The van der Waals surface area contributed by atoms with Gasteiger partial charge in [0.2, 0.25) is 5.95 Å². The van der Waals surface area contributed by atoms with Crippen molar-refractivity contribution in [2.45, 2.75) is 12.8 Å². The highest BCUT2D eigenvalue weighted by Crippen LogP contribution is 2.10. The molecule has 134 valence electrons. The van der Waals surface area contributed by atoms with Crippen LogP contribution in [-0.2, 0) is 6.42 Å². The van der Waals surface area contributed by atoms with Crippen LogP contribution in [0.15, 0.2) is 36.7 Å². The van der Waals surface area contributed by atoms with Crippen molar-refractivity contribution in [1.29, 1.82) is 0 Å². The van der Waals surface area contributed by atoms with Crippen LogP contribution in [0.2, 0.25) is 5.02 Å². The number of hydrogen-bond acceptors (Lipinski definition) is 5. The Morgan fingerprint density at radius 1 is 1.12 bits per heavy atom. The van der Waals surface area contributed by atoms with E-state index < -0.39 is 0 Å². The molecule has 0 fully saturated rings. The quantitative estimate of drug-likeness (QED) is 0.671. The lowest BCUT2D eigenvalue weighted by Gasteiger charge is -2.10. The second-order valence-corrected chi connectivity index (χ2v) is 6.45. The number of benzene rings is 1. The van der Waals surface area contributed by atoms with Gasteiger partial charge in [-0.2, -0.15) is 0 Å². The molecule has 1 aromatic carbocycles. The molecule has 6 nitrogen and oxygen atoms in total. The van der Waals surface area contributed by atoms with Crippen molar-refractivity contribution in [2.75, 3.05) is 39.0 Å². The molecule has 0 spiro atoms. The minimum atomic E-state index is -0.147. The SMILES string of the molecule is CN(C)CCCNC(=O)c1cnc(NCCc2ccc(Cl)cc2)nc1. The molecule has 7 heteroatoms. The molecular weight excluding hydrogens is 338 g/mol. The summed E-state index contributed by atoms with van der Waals surface area (Å²) in [4.78, 5) is 22.5. The number of hydrogen-bond donors (Lipinski definition) is 2. The highest BCUT2D eigenvalue weighted by atomic mass is 35.5. The maximum absolute atomic E-state index is 12.0. The van der Waals surface area contributed by atoms with Crippen LogP contribution in [0.1, 0.15) is 22.3 Å². The molecule has 1 amide bonds. The van der Waals surface area contributed by atoms with E-state index in [1.54, 1.807) is 12.4 Å². The van der Waals surface area contributed by atoms with E-state index in [1.807, 2.05) is 38.4 Å². The van der Waals surface area contributed by atoms with E-state index in [4.69, 9.17) is 11.6 Å². The molecular formula is C18H24ClN5O. The Balaban J connectivity index is 1.73. The fraction of sp³-hybridized carbons (Fsp3) is 0.389. The maximum Gasteiger partial charge on any atom is 0.254 e. The summed E-state index contributed by atoms with van der Waals surface area (Å²) in [5.41, 5.74) is 1.65. The van der Waals surface area contributed by atoms with E-state index >= 15 is 0 Å². The van der Waals surface area contributed by atoms with Gasteiger partial charge in [0.1, 0.15) is 0 Å². The topological polar surface area (TPSA) is 70.2 Å². The second-order valence-electron chi connectivity index (χ2n) is 6.01. The second kappa shape index (κ2) is 9.96. The first-order valence-corrected chi connectivity index (χ1v) is 8.65. The Labute approximate surface area is 153 Å². The van der Waals surface area contributed by atoms with Crippen molar-refractivity contribution >= 4 is 23.5 Å². The molecule has 25 heavy (non-hydrogen) atoms. The van der Waals surface area contributed by atoms with E-state index in [1.165, 1.54) is 5.56 Å². The molecule has 0 aliphatic rings. The Morgan fingerprint density at radius 2 is 1.80 bits per heavy atom. The van der Waals surface area contributed by atoms with Gasteiger partial charge in [-0.3, -0.25) is 4.79 Å². The molecule has 1 aromatic heterocycles. The molecule has 0 radical (unpaired) electrons. The highest BCUT2D eigenvalue weighted by molar-refractivity contribution is 6.30. The van der Waals surface area contributed by atoms with Crippen molar-refractivity contribution < 1.29 is 4.79 Å². The molecule has 0 unspecified atom stereocenters. The zero-order valence-electron chi connectivity index (χ0n) is 14.6. The van der Waals surface area contributed by atoms with Crippen LogP contribution in [-0.4, -0.2) is 54.5 Å². The first kappa shape index (κ1) is 19.1. The lowest BCUT2D eigenvalue weighted by molar-refractivity contribution is 0.0951. The van der Waals surface area contributed by atoms with Gasteiger partial charge in [0.15, 0.2) is 0 Å². The first-order valence-electron chi connectivity index (χ1n) is 8.28. The van der Waals surface area contributed by atoms with Gasteiger partial charge >= 0.3 is 0 Å². The molecule has 0 aliphatic carbocycles. The van der Waals surface area contributed by atoms with E-state index in [0.717, 1.165) is 24.4 Å². The lowest BCUT2D eigenvalue weighted by Crippen LogP contribution is -2.27. The molecule has 0 saturated heterocycles. The van der Waals surface area contributed by atoms with Crippen LogP contribution in [0.4, 0.5) is 5.95 Å². The minimum absolute atomic E-state index is 0.147. The minimum Gasteiger partial charge on any atom is -0.354 e. The van der Waals surface area contributed by atoms with Crippen LogP contribution in [0.3, 0.4) is 0 Å². The summed E-state index contributed by atoms with van der Waals surface area (Å²) < 4.78 is 0. The fourth-order valence-electron chi connectivity index (χ4n) is 2.21. The summed E-state index contributed by atoms with van der Waals surface area (Å²) >= 11 is 5.87. The van der Waals surface area contributed by atoms with Crippen LogP contribution >= 0.6 is 11.6 Å². The number of carbonyl (C=O) groups is 1. The molecule has 0 atom stereocenters. The average Bonchev–Trinajstić information content (AvgIpc) is 2.61. The van der Waals surface area contributed by atoms with E-state index in [0.29, 0.717) is 24.6 Å². The molecule has 0 bridgehead atoms. The Morgan fingerprint density at radius 3 is 2.44 bits per heavy atom. The summed E-state index contributed by atoms with van der Waals surface area (Å²) in [6.07, 6.45) is 4.83. The molecule has 0 aliphatic heterocycles. The van der Waals surface area contributed by atoms with Crippen molar-refractivity contribution in [2.24, 2.45) is 0 Å². The van der Waals surface area contributed by atoms with Crippen molar-refractivity contribution in [3.63, 3.8) is 0 Å². The Kier molecular flexibility index (Phi) is 7.63. The van der Waals surface area contributed by atoms with Crippen molar-refractivity contribution in [1.82, 2.24) is 20.2 Å². The third-order valence-electron chi connectivity index (χ3n) is 3.59. The summed E-state index contributed by atoms with van der Waals surface area (Å²) in [6.45, 7) is 2.28. The molecule has 0 saturated carbocycles. The highest BCUT2D eigenvalue weighted by Gasteiger charge is 2.06. The Bertz CT molecular complexity index is 658. The van der Waals surface area contributed by atoms with Crippen LogP contribution in [0, 0.1) is 0 Å². The summed E-state index contributed by atoms with van der Waals surface area (Å²) in [6, 6.07) is 7.74. The summed E-state index contributed by atoms with van der Waals surface area (Å²) in [5.74, 6) is 0.365. The van der Waals surface area contributed by atoms with Gasteiger partial charge in [0.25, 0.3) is 5.91 Å². The number of nitrogens with zero attached hydrogens (tertiary/aromatic N) is 3. The smallest absolute Gasteiger partial charge is 0.254 e. The van der Waals surface area contributed by atoms with E-state index in [2.05, 4.69) is 25.5 Å². The average molecular weight is 362 g/mol. The van der Waals surface area contributed by atoms with Gasteiger partial charge in [-0.15, -0.1) is 0 Å². The number of anilines is 1. The largest absolute Gasteiger partial charge is 0.354 e. The number of amides is 1. The van der Waals surface area contributed by atoms with Gasteiger partial charge in [-0.25, -0.2) is 9.97 Å². The van der Waals surface area contributed by atoms with Crippen molar-refractivity contribution in [3.05, 3.63) is 52.8 Å². The van der Waals surface area contributed by atoms with E-state index in [-0.39, 0.29) is 5.91 Å². The number of halogens is 1. The summed E-state index contributed by atoms with van der Waals surface area (Å²) in [5, 5.41) is 6.74. The zero-order chi connectivity index (χ0) is 18.1. The zero-order valence-corrected chi connectivity index (χ0v) is 15.4. The maximum atomic E-state index is 12.0.